The van der Waals surface area contributed by atoms with Crippen LogP contribution >= 0.6 is 0 Å². The highest BCUT2D eigenvalue weighted by atomic mass is 16.7. The zero-order chi connectivity index (χ0) is 25.3. The van der Waals surface area contributed by atoms with E-state index in [1.807, 2.05) is 0 Å². The Hall–Kier alpha value is -0.820. The molecule has 0 aromatic heterocycles. The molecule has 1 saturated carbocycles. The summed E-state index contributed by atoms with van der Waals surface area (Å²) in [7, 11) is 0. The first-order valence-corrected chi connectivity index (χ1v) is 11.1. The largest absolute Gasteiger partial charge is 0.396 e. The van der Waals surface area contributed by atoms with Crippen molar-refractivity contribution in [2.75, 3.05) is 19.8 Å². The van der Waals surface area contributed by atoms with Crippen molar-refractivity contribution >= 4 is 0 Å². The average Bonchev–Trinajstić information content (AvgIpc) is 2.83. The Morgan fingerprint density at radius 1 is 0.794 bits per heavy atom. The maximum Gasteiger partial charge on any atom is 0.187 e. The molecule has 14 heteroatoms. The second-order valence-corrected chi connectivity index (χ2v) is 9.08. The lowest BCUT2D eigenvalue weighted by atomic mass is 9.78. The van der Waals surface area contributed by atoms with Crippen LogP contribution in [0.3, 0.4) is 0 Å². The van der Waals surface area contributed by atoms with Gasteiger partial charge in [-0.2, -0.15) is 0 Å². The van der Waals surface area contributed by atoms with Crippen molar-refractivity contribution in [1.82, 2.24) is 5.32 Å². The van der Waals surface area contributed by atoms with Crippen LogP contribution in [-0.4, -0.2) is 155 Å². The first kappa shape index (κ1) is 27.8. The van der Waals surface area contributed by atoms with Gasteiger partial charge in [-0.25, -0.2) is 0 Å². The third-order valence-electron chi connectivity index (χ3n) is 6.90. The lowest BCUT2D eigenvalue weighted by Gasteiger charge is -2.47. The van der Waals surface area contributed by atoms with Crippen LogP contribution in [0.2, 0.25) is 0 Å². The van der Waals surface area contributed by atoms with Gasteiger partial charge in [-0.3, -0.25) is 0 Å². The zero-order valence-electron chi connectivity index (χ0n) is 18.2. The lowest BCUT2D eigenvalue weighted by Crippen LogP contribution is -2.66. The van der Waals surface area contributed by atoms with Crippen LogP contribution < -0.4 is 5.32 Å². The van der Waals surface area contributed by atoms with Crippen LogP contribution in [0.25, 0.3) is 0 Å². The van der Waals surface area contributed by atoms with E-state index in [1.165, 1.54) is 6.08 Å². The molecular formula is C20H35NO13. The predicted molar refractivity (Wildman–Crippen MR) is 110 cm³/mol. The molecule has 0 amide bonds. The van der Waals surface area contributed by atoms with Gasteiger partial charge in [0.1, 0.15) is 48.8 Å². The van der Waals surface area contributed by atoms with Gasteiger partial charge in [0, 0.05) is 18.6 Å². The topological polar surface area (TPSA) is 253 Å². The van der Waals surface area contributed by atoms with E-state index < -0.39 is 105 Å². The van der Waals surface area contributed by atoms with Crippen LogP contribution in [0, 0.1) is 5.92 Å². The fourth-order valence-corrected chi connectivity index (χ4v) is 4.77. The summed E-state index contributed by atoms with van der Waals surface area (Å²) >= 11 is 0. The Morgan fingerprint density at radius 2 is 1.47 bits per heavy atom. The average molecular weight is 497 g/mol. The van der Waals surface area contributed by atoms with E-state index in [4.69, 9.17) is 9.47 Å². The van der Waals surface area contributed by atoms with Crippen molar-refractivity contribution in [2.45, 2.75) is 85.8 Å². The highest BCUT2D eigenvalue weighted by molar-refractivity contribution is 5.22. The van der Waals surface area contributed by atoms with Gasteiger partial charge < -0.3 is 71.0 Å². The molecular weight excluding hydrogens is 462 g/mol. The zero-order valence-corrected chi connectivity index (χ0v) is 18.2. The molecule has 3 rings (SSSR count). The van der Waals surface area contributed by atoms with Gasteiger partial charge in [0.2, 0.25) is 0 Å². The second-order valence-electron chi connectivity index (χ2n) is 9.08. The summed E-state index contributed by atoms with van der Waals surface area (Å²) in [6.45, 7) is -1.80. The van der Waals surface area contributed by atoms with Gasteiger partial charge in [0.05, 0.1) is 31.5 Å². The standard InChI is InChI=1S/C20H35NO13/c22-3-6-1-8(12(26)15(29)11(6)25)21-9-2-7(4-23)19(17(31)13(9)27)34-20-18(32)16(30)14(28)10(5-24)33-20/h1,7-32H,2-5H2/t7-,8+,9+,10?,11-,12+,13+,14-,15+,16?,17-,18-,19-,20-/m1/s1. The molecule has 2 aliphatic carbocycles. The maximum absolute atomic E-state index is 10.7. The highest BCUT2D eigenvalue weighted by Crippen LogP contribution is 2.33. The molecule has 0 bridgehead atoms. The first-order chi connectivity index (χ1) is 16.0. The SMILES string of the molecule is OCC1=C[C@H](N[C@H]2C[C@H](CO)[C@@H](O[C@H]3OC(CO)[C@@H](O)C(O)[C@H]3O)[C@H](O)[C@H]2O)[C@H](O)[C@@H](O)[C@@H]1O. The summed E-state index contributed by atoms with van der Waals surface area (Å²) in [5, 5.41) is 113. The van der Waals surface area contributed by atoms with E-state index >= 15 is 0 Å². The summed E-state index contributed by atoms with van der Waals surface area (Å²) in [6.07, 6.45) is -15.7. The molecule has 14 nitrogen and oxygen atoms in total. The minimum atomic E-state index is -1.75. The summed E-state index contributed by atoms with van der Waals surface area (Å²) in [4.78, 5) is 0. The van der Waals surface area contributed by atoms with Gasteiger partial charge >= 0.3 is 0 Å². The Balaban J connectivity index is 1.73. The summed E-state index contributed by atoms with van der Waals surface area (Å²) in [5.74, 6) is -0.833. The monoisotopic (exact) mass is 497 g/mol. The maximum atomic E-state index is 10.7. The lowest BCUT2D eigenvalue weighted by molar-refractivity contribution is -0.328. The van der Waals surface area contributed by atoms with E-state index in [-0.39, 0.29) is 12.0 Å². The number of hydrogen-bond donors (Lipinski definition) is 12. The van der Waals surface area contributed by atoms with Gasteiger partial charge in [0.15, 0.2) is 6.29 Å². The third-order valence-corrected chi connectivity index (χ3v) is 6.90. The molecule has 1 saturated heterocycles. The molecule has 0 spiro atoms. The van der Waals surface area contributed by atoms with Gasteiger partial charge in [-0.1, -0.05) is 6.08 Å². The molecule has 14 atom stereocenters. The van der Waals surface area contributed by atoms with E-state index in [9.17, 15) is 56.2 Å². The van der Waals surface area contributed by atoms with Crippen molar-refractivity contribution < 1.29 is 65.6 Å². The van der Waals surface area contributed by atoms with Crippen LogP contribution in [0.4, 0.5) is 0 Å². The molecule has 34 heavy (non-hydrogen) atoms. The molecule has 1 heterocycles. The Labute approximate surface area is 194 Å². The minimum absolute atomic E-state index is 0.0129. The number of hydrogen-bond acceptors (Lipinski definition) is 14. The molecule has 0 aromatic carbocycles. The predicted octanol–water partition coefficient (Wildman–Crippen LogP) is -6.75. The van der Waals surface area contributed by atoms with E-state index in [0.717, 1.165) is 0 Å². The van der Waals surface area contributed by atoms with Gasteiger partial charge in [0.25, 0.3) is 0 Å². The number of nitrogens with one attached hydrogen (secondary N) is 1. The van der Waals surface area contributed by atoms with E-state index in [2.05, 4.69) is 5.32 Å². The molecule has 3 aliphatic rings. The number of ether oxygens (including phenoxy) is 2. The quantitative estimate of drug-likeness (QED) is 0.146. The van der Waals surface area contributed by atoms with E-state index in [0.29, 0.717) is 0 Å². The van der Waals surface area contributed by atoms with Crippen molar-refractivity contribution in [1.29, 1.82) is 0 Å². The van der Waals surface area contributed by atoms with Crippen molar-refractivity contribution in [3.05, 3.63) is 11.6 Å². The Bertz CT molecular complexity index is 693. The smallest absolute Gasteiger partial charge is 0.187 e. The number of rotatable bonds is 7. The minimum Gasteiger partial charge on any atom is -0.396 e. The van der Waals surface area contributed by atoms with E-state index in [1.54, 1.807) is 0 Å². The third kappa shape index (κ3) is 5.30. The first-order valence-electron chi connectivity index (χ1n) is 11.1. The normalized spacial score (nSPS) is 50.1. The van der Waals surface area contributed by atoms with Crippen molar-refractivity contribution in [3.63, 3.8) is 0 Å². The molecule has 2 unspecified atom stereocenters. The Kier molecular flexibility index (Phi) is 9.38. The van der Waals surface area contributed by atoms with Gasteiger partial charge in [-0.05, 0) is 12.0 Å². The molecule has 2 fully saturated rings. The molecule has 12 N–H and O–H groups in total. The van der Waals surface area contributed by atoms with Crippen LogP contribution in [0.15, 0.2) is 11.6 Å². The summed E-state index contributed by atoms with van der Waals surface area (Å²) < 4.78 is 10.9. The molecule has 0 radical (unpaired) electrons. The summed E-state index contributed by atoms with van der Waals surface area (Å²) in [5.41, 5.74) is 0.0590. The van der Waals surface area contributed by atoms with Crippen LogP contribution in [0.1, 0.15) is 6.42 Å². The van der Waals surface area contributed by atoms with Crippen LogP contribution in [-0.2, 0) is 9.47 Å². The second kappa shape index (κ2) is 11.5. The van der Waals surface area contributed by atoms with Crippen molar-refractivity contribution in [3.8, 4) is 0 Å². The fourth-order valence-electron chi connectivity index (χ4n) is 4.77. The molecule has 0 aromatic rings. The number of aliphatic hydroxyl groups excluding tert-OH is 11. The fraction of sp³-hybridized carbons (Fsp3) is 0.900. The molecule has 198 valence electrons. The summed E-state index contributed by atoms with van der Waals surface area (Å²) in [6, 6.07) is -1.94. The van der Waals surface area contributed by atoms with Crippen molar-refractivity contribution in [2.24, 2.45) is 5.92 Å². The Morgan fingerprint density at radius 3 is 2.06 bits per heavy atom. The van der Waals surface area contributed by atoms with Crippen LogP contribution in [0.5, 0.6) is 0 Å². The van der Waals surface area contributed by atoms with Gasteiger partial charge in [-0.15, -0.1) is 0 Å². The highest BCUT2D eigenvalue weighted by Gasteiger charge is 2.50. The molecule has 1 aliphatic heterocycles. The number of aliphatic hydroxyl groups is 11.